The summed E-state index contributed by atoms with van der Waals surface area (Å²) in [5, 5.41) is 11.0. The van der Waals surface area contributed by atoms with E-state index in [1.165, 1.54) is 11.8 Å². The Labute approximate surface area is 188 Å². The molecular weight excluding hydrogens is 443 g/mol. The Bertz CT molecular complexity index is 1050. The molecule has 3 rings (SSSR count). The Morgan fingerprint density at radius 1 is 1.03 bits per heavy atom. The van der Waals surface area contributed by atoms with E-state index in [9.17, 15) is 9.59 Å². The van der Waals surface area contributed by atoms with E-state index in [1.807, 2.05) is 37.3 Å². The van der Waals surface area contributed by atoms with Crippen molar-refractivity contribution in [2.75, 3.05) is 22.1 Å². The lowest BCUT2D eigenvalue weighted by molar-refractivity contribution is -0.114. The van der Waals surface area contributed by atoms with E-state index in [-0.39, 0.29) is 23.3 Å². The van der Waals surface area contributed by atoms with Crippen molar-refractivity contribution in [1.82, 2.24) is 9.78 Å². The first-order valence-corrected chi connectivity index (χ1v) is 11.0. The molecule has 0 unspecified atom stereocenters. The largest absolute Gasteiger partial charge is 0.325 e. The van der Waals surface area contributed by atoms with Crippen LogP contribution in [0.5, 0.6) is 0 Å². The second kappa shape index (κ2) is 10.5. The molecule has 0 bridgehead atoms. The first-order valence-electron chi connectivity index (χ1n) is 9.10. The van der Waals surface area contributed by atoms with Gasteiger partial charge in [-0.25, -0.2) is 4.68 Å². The zero-order chi connectivity index (χ0) is 21.5. The summed E-state index contributed by atoms with van der Waals surface area (Å²) in [6, 6.07) is 14.5. The van der Waals surface area contributed by atoms with E-state index < -0.39 is 0 Å². The van der Waals surface area contributed by atoms with Crippen molar-refractivity contribution in [3.63, 3.8) is 0 Å². The SMILES string of the molecule is Cc1cccc(NC(=O)CSCC(=O)Nc2ccnn2Cc2ccc(Cl)cc2Cl)c1. The van der Waals surface area contributed by atoms with Crippen molar-refractivity contribution in [2.45, 2.75) is 13.5 Å². The lowest BCUT2D eigenvalue weighted by Crippen LogP contribution is -2.20. The number of carbonyl (C=O) groups is 2. The molecule has 3 aromatic rings. The van der Waals surface area contributed by atoms with Crippen LogP contribution in [0.4, 0.5) is 11.5 Å². The van der Waals surface area contributed by atoms with Crippen molar-refractivity contribution < 1.29 is 9.59 Å². The van der Waals surface area contributed by atoms with Gasteiger partial charge in [-0.05, 0) is 42.3 Å². The number of nitrogens with one attached hydrogen (secondary N) is 2. The average Bonchev–Trinajstić information content (AvgIpc) is 3.10. The number of benzene rings is 2. The minimum Gasteiger partial charge on any atom is -0.325 e. The van der Waals surface area contributed by atoms with Crippen LogP contribution in [0.2, 0.25) is 10.0 Å². The third kappa shape index (κ3) is 6.52. The van der Waals surface area contributed by atoms with E-state index in [4.69, 9.17) is 23.2 Å². The van der Waals surface area contributed by atoms with Crippen LogP contribution in [0, 0.1) is 6.92 Å². The maximum absolute atomic E-state index is 12.3. The molecule has 1 aromatic heterocycles. The lowest BCUT2D eigenvalue weighted by Gasteiger charge is -2.10. The smallest absolute Gasteiger partial charge is 0.235 e. The van der Waals surface area contributed by atoms with Crippen molar-refractivity contribution >= 4 is 58.3 Å². The molecule has 2 N–H and O–H groups in total. The van der Waals surface area contributed by atoms with Crippen molar-refractivity contribution in [1.29, 1.82) is 0 Å². The van der Waals surface area contributed by atoms with E-state index in [1.54, 1.807) is 29.1 Å². The van der Waals surface area contributed by atoms with Gasteiger partial charge < -0.3 is 10.6 Å². The van der Waals surface area contributed by atoms with Gasteiger partial charge in [0.2, 0.25) is 11.8 Å². The zero-order valence-electron chi connectivity index (χ0n) is 16.2. The number of anilines is 2. The number of halogens is 2. The van der Waals surface area contributed by atoms with Gasteiger partial charge in [-0.1, -0.05) is 41.4 Å². The molecule has 0 spiro atoms. The van der Waals surface area contributed by atoms with Crippen LogP contribution in [0.3, 0.4) is 0 Å². The minimum absolute atomic E-state index is 0.147. The summed E-state index contributed by atoms with van der Waals surface area (Å²) in [6.07, 6.45) is 1.60. The van der Waals surface area contributed by atoms with Crippen LogP contribution in [-0.2, 0) is 16.1 Å². The number of hydrogen-bond acceptors (Lipinski definition) is 4. The molecule has 1 heterocycles. The lowest BCUT2D eigenvalue weighted by atomic mass is 10.2. The third-order valence-corrected chi connectivity index (χ3v) is 5.61. The summed E-state index contributed by atoms with van der Waals surface area (Å²) in [5.41, 5.74) is 2.65. The summed E-state index contributed by atoms with van der Waals surface area (Å²) >= 11 is 13.4. The molecule has 0 radical (unpaired) electrons. The van der Waals surface area contributed by atoms with E-state index in [0.29, 0.717) is 22.4 Å². The van der Waals surface area contributed by atoms with Gasteiger partial charge in [0.05, 0.1) is 24.2 Å². The topological polar surface area (TPSA) is 76.0 Å². The molecule has 30 heavy (non-hydrogen) atoms. The number of rotatable bonds is 8. The number of carbonyl (C=O) groups excluding carboxylic acids is 2. The first kappa shape index (κ1) is 22.2. The fourth-order valence-electron chi connectivity index (χ4n) is 2.71. The second-order valence-corrected chi connectivity index (χ2v) is 8.40. The van der Waals surface area contributed by atoms with Gasteiger partial charge in [-0.2, -0.15) is 5.10 Å². The highest BCUT2D eigenvalue weighted by Crippen LogP contribution is 2.22. The van der Waals surface area contributed by atoms with E-state index in [0.717, 1.165) is 16.8 Å². The van der Waals surface area contributed by atoms with Gasteiger partial charge >= 0.3 is 0 Å². The molecule has 0 saturated heterocycles. The van der Waals surface area contributed by atoms with Gasteiger partial charge in [-0.15, -0.1) is 11.8 Å². The van der Waals surface area contributed by atoms with Crippen LogP contribution in [0.15, 0.2) is 54.7 Å². The standard InChI is InChI=1S/C21H20Cl2N4O2S/c1-14-3-2-4-17(9-14)25-20(28)12-30-13-21(29)26-19-7-8-24-27(19)11-15-5-6-16(22)10-18(15)23/h2-10H,11-13H2,1H3,(H,25,28)(H,26,29). The Morgan fingerprint density at radius 3 is 2.53 bits per heavy atom. The Morgan fingerprint density at radius 2 is 1.80 bits per heavy atom. The molecule has 0 atom stereocenters. The Balaban J connectivity index is 1.47. The van der Waals surface area contributed by atoms with E-state index in [2.05, 4.69) is 15.7 Å². The summed E-state index contributed by atoms with van der Waals surface area (Å²) in [6.45, 7) is 2.35. The van der Waals surface area contributed by atoms with Gasteiger partial charge in [0.1, 0.15) is 5.82 Å². The highest BCUT2D eigenvalue weighted by molar-refractivity contribution is 8.00. The monoisotopic (exact) mass is 462 g/mol. The fraction of sp³-hybridized carbons (Fsp3) is 0.190. The summed E-state index contributed by atoms with van der Waals surface area (Å²) in [5.74, 6) is 0.513. The number of hydrogen-bond donors (Lipinski definition) is 2. The molecule has 6 nitrogen and oxygen atoms in total. The fourth-order valence-corrected chi connectivity index (χ4v) is 3.80. The molecule has 0 aliphatic heterocycles. The average molecular weight is 463 g/mol. The van der Waals surface area contributed by atoms with Gasteiger partial charge in [0.25, 0.3) is 0 Å². The molecule has 156 valence electrons. The Hall–Kier alpha value is -2.48. The van der Waals surface area contributed by atoms with Crippen LogP contribution in [0.25, 0.3) is 0 Å². The summed E-state index contributed by atoms with van der Waals surface area (Å²) in [4.78, 5) is 24.3. The van der Waals surface area contributed by atoms with Crippen LogP contribution >= 0.6 is 35.0 Å². The van der Waals surface area contributed by atoms with Crippen molar-refractivity contribution in [3.05, 3.63) is 75.9 Å². The highest BCUT2D eigenvalue weighted by Gasteiger charge is 2.11. The maximum atomic E-state index is 12.3. The molecule has 2 aromatic carbocycles. The third-order valence-electron chi connectivity index (χ3n) is 4.09. The number of nitrogens with zero attached hydrogens (tertiary/aromatic N) is 2. The van der Waals surface area contributed by atoms with Crippen molar-refractivity contribution in [3.8, 4) is 0 Å². The number of amides is 2. The first-order chi connectivity index (χ1) is 14.4. The molecule has 9 heteroatoms. The van der Waals surface area contributed by atoms with Crippen LogP contribution in [-0.4, -0.2) is 33.1 Å². The summed E-state index contributed by atoms with van der Waals surface area (Å²) in [7, 11) is 0. The van der Waals surface area contributed by atoms with Crippen LogP contribution < -0.4 is 10.6 Å². The minimum atomic E-state index is -0.215. The zero-order valence-corrected chi connectivity index (χ0v) is 18.5. The quantitative estimate of drug-likeness (QED) is 0.501. The number of thioether (sulfide) groups is 1. The molecule has 0 aliphatic rings. The highest BCUT2D eigenvalue weighted by atomic mass is 35.5. The normalized spacial score (nSPS) is 10.6. The second-order valence-electron chi connectivity index (χ2n) is 6.57. The van der Waals surface area contributed by atoms with Gasteiger partial charge in [0.15, 0.2) is 0 Å². The number of aromatic nitrogens is 2. The van der Waals surface area contributed by atoms with Gasteiger partial charge in [0, 0.05) is 21.8 Å². The Kier molecular flexibility index (Phi) is 7.79. The molecule has 2 amide bonds. The van der Waals surface area contributed by atoms with Gasteiger partial charge in [-0.3, -0.25) is 9.59 Å². The summed E-state index contributed by atoms with van der Waals surface area (Å²) < 4.78 is 1.64. The predicted molar refractivity (Wildman–Crippen MR) is 124 cm³/mol. The van der Waals surface area contributed by atoms with E-state index >= 15 is 0 Å². The molecule has 0 aliphatic carbocycles. The molecular formula is C21H20Cl2N4O2S. The van der Waals surface area contributed by atoms with Crippen molar-refractivity contribution in [2.24, 2.45) is 0 Å². The predicted octanol–water partition coefficient (Wildman–Crippen LogP) is 4.86. The molecule has 0 fully saturated rings. The van der Waals surface area contributed by atoms with Crippen LogP contribution in [0.1, 0.15) is 11.1 Å². The maximum Gasteiger partial charge on any atom is 0.235 e. The molecule has 0 saturated carbocycles. The number of aryl methyl sites for hydroxylation is 1.